The van der Waals surface area contributed by atoms with Crippen molar-refractivity contribution in [3.8, 4) is 0 Å². The van der Waals surface area contributed by atoms with Crippen LogP contribution in [0.4, 0.5) is 11.5 Å². The summed E-state index contributed by atoms with van der Waals surface area (Å²) in [5.74, 6) is -0.800. The van der Waals surface area contributed by atoms with Gasteiger partial charge in [-0.2, -0.15) is 9.78 Å². The summed E-state index contributed by atoms with van der Waals surface area (Å²) < 4.78 is 3.41. The summed E-state index contributed by atoms with van der Waals surface area (Å²) in [5.41, 5.74) is 4.41. The van der Waals surface area contributed by atoms with Gasteiger partial charge in [0.05, 0.1) is 41.6 Å². The highest BCUT2D eigenvalue weighted by molar-refractivity contribution is 5.92. The third-order valence-corrected chi connectivity index (χ3v) is 4.68. The first-order valence-electron chi connectivity index (χ1n) is 9.32. The monoisotopic (exact) mass is 396 g/mol. The molecule has 1 aromatic carbocycles. The van der Waals surface area contributed by atoms with Crippen LogP contribution in [-0.4, -0.2) is 30.4 Å². The van der Waals surface area contributed by atoms with Crippen LogP contribution in [0.2, 0.25) is 0 Å². The van der Waals surface area contributed by atoms with E-state index in [1.165, 1.54) is 10.7 Å². The molecule has 0 aliphatic heterocycles. The molecule has 0 aliphatic carbocycles. The van der Waals surface area contributed by atoms with Crippen LogP contribution in [0.15, 0.2) is 36.4 Å². The molecule has 2 aromatic heterocycles. The van der Waals surface area contributed by atoms with Crippen molar-refractivity contribution >= 4 is 17.4 Å². The van der Waals surface area contributed by atoms with E-state index in [4.69, 9.17) is 0 Å². The predicted octanol–water partition coefficient (Wildman–Crippen LogP) is 3.24. The Labute approximate surface area is 168 Å². The number of nitrogens with one attached hydrogen (secondary N) is 1. The summed E-state index contributed by atoms with van der Waals surface area (Å²) in [6, 6.07) is 11.1. The van der Waals surface area contributed by atoms with Crippen LogP contribution in [0.5, 0.6) is 0 Å². The molecule has 0 aliphatic rings. The normalized spacial score (nSPS) is 12.0. The van der Waals surface area contributed by atoms with Crippen molar-refractivity contribution in [2.45, 2.75) is 40.8 Å². The summed E-state index contributed by atoms with van der Waals surface area (Å²) in [6.07, 6.45) is 0. The van der Waals surface area contributed by atoms with Crippen molar-refractivity contribution in [3.05, 3.63) is 69.2 Å². The van der Waals surface area contributed by atoms with E-state index in [2.05, 4.69) is 15.5 Å². The molecule has 9 heteroatoms. The van der Waals surface area contributed by atoms with Gasteiger partial charge in [-0.15, -0.1) is 0 Å². The first-order chi connectivity index (χ1) is 13.7. The molecular formula is C20H24N6O3. The first-order valence-corrected chi connectivity index (χ1v) is 9.32. The fourth-order valence-electron chi connectivity index (χ4n) is 3.13. The van der Waals surface area contributed by atoms with E-state index >= 15 is 0 Å². The second kappa shape index (κ2) is 8.26. The number of amides is 1. The lowest BCUT2D eigenvalue weighted by molar-refractivity contribution is -0.389. The van der Waals surface area contributed by atoms with Crippen molar-refractivity contribution in [3.63, 3.8) is 0 Å². The molecule has 152 valence electrons. The Morgan fingerprint density at radius 1 is 1.14 bits per heavy atom. The zero-order chi connectivity index (χ0) is 21.1. The average Bonchev–Trinajstić information content (AvgIpc) is 3.17. The number of carbonyl (C=O) groups is 1. The lowest BCUT2D eigenvalue weighted by Gasteiger charge is -2.13. The number of hydrogen-bond donors (Lipinski definition) is 1. The zero-order valence-electron chi connectivity index (χ0n) is 16.9. The molecular weight excluding hydrogens is 372 g/mol. The fourth-order valence-corrected chi connectivity index (χ4v) is 3.13. The Balaban J connectivity index is 1.65. The fraction of sp³-hybridized carbons (Fsp3) is 0.350. The van der Waals surface area contributed by atoms with Gasteiger partial charge in [0.25, 0.3) is 0 Å². The van der Waals surface area contributed by atoms with E-state index in [0.717, 1.165) is 17.0 Å². The molecule has 1 N–H and O–H groups in total. The Hall–Kier alpha value is -3.49. The van der Waals surface area contributed by atoms with E-state index in [0.29, 0.717) is 17.9 Å². The lowest BCUT2D eigenvalue weighted by Crippen LogP contribution is -2.25. The van der Waals surface area contributed by atoms with Gasteiger partial charge in [0, 0.05) is 11.4 Å². The quantitative estimate of drug-likeness (QED) is 0.487. The minimum atomic E-state index is -0.539. The molecule has 1 amide bonds. The Morgan fingerprint density at radius 3 is 2.48 bits per heavy atom. The first kappa shape index (κ1) is 20.2. The maximum Gasteiger partial charge on any atom is 0.390 e. The molecule has 3 aromatic rings. The van der Waals surface area contributed by atoms with E-state index in [1.807, 2.05) is 48.9 Å². The average molecular weight is 396 g/mol. The van der Waals surface area contributed by atoms with Gasteiger partial charge in [0.15, 0.2) is 0 Å². The summed E-state index contributed by atoms with van der Waals surface area (Å²) in [4.78, 5) is 22.9. The smallest absolute Gasteiger partial charge is 0.358 e. The van der Waals surface area contributed by atoms with Crippen molar-refractivity contribution in [1.29, 1.82) is 0 Å². The van der Waals surface area contributed by atoms with Crippen molar-refractivity contribution in [2.24, 2.45) is 5.92 Å². The number of aryl methyl sites for hydroxylation is 3. The van der Waals surface area contributed by atoms with Gasteiger partial charge in [-0.1, -0.05) is 19.1 Å². The largest absolute Gasteiger partial charge is 0.390 e. The third kappa shape index (κ3) is 4.87. The maximum atomic E-state index is 12.6. The maximum absolute atomic E-state index is 12.6. The standard InChI is InChI=1S/C20H24N6O3/c1-13(11-24-16(4)9-19(23-24)26(28)29)20(27)21-18-7-5-6-17(10-18)12-25-15(3)8-14(2)22-25/h5-10,13H,11-12H2,1-4H3,(H,21,27). The highest BCUT2D eigenvalue weighted by Gasteiger charge is 2.21. The van der Waals surface area contributed by atoms with E-state index < -0.39 is 10.8 Å². The van der Waals surface area contributed by atoms with Gasteiger partial charge in [0.1, 0.15) is 0 Å². The summed E-state index contributed by atoms with van der Waals surface area (Å²) in [6.45, 7) is 8.34. The van der Waals surface area contributed by atoms with Crippen LogP contribution in [-0.2, 0) is 17.9 Å². The van der Waals surface area contributed by atoms with Crippen molar-refractivity contribution in [1.82, 2.24) is 19.6 Å². The molecule has 1 atom stereocenters. The van der Waals surface area contributed by atoms with Crippen LogP contribution in [0.1, 0.15) is 29.6 Å². The Morgan fingerprint density at radius 2 is 1.86 bits per heavy atom. The van der Waals surface area contributed by atoms with Gasteiger partial charge in [-0.05, 0) is 49.5 Å². The number of aromatic nitrogens is 4. The second-order valence-electron chi connectivity index (χ2n) is 7.26. The van der Waals surface area contributed by atoms with Gasteiger partial charge in [-0.25, -0.2) is 0 Å². The number of rotatable bonds is 7. The molecule has 29 heavy (non-hydrogen) atoms. The molecule has 9 nitrogen and oxygen atoms in total. The number of nitro groups is 1. The van der Waals surface area contributed by atoms with Gasteiger partial charge in [0.2, 0.25) is 5.91 Å². The van der Waals surface area contributed by atoms with Crippen LogP contribution < -0.4 is 5.32 Å². The van der Waals surface area contributed by atoms with E-state index in [1.54, 1.807) is 13.8 Å². The topological polar surface area (TPSA) is 108 Å². The SMILES string of the molecule is Cc1cc(C)n(Cc2cccc(NC(=O)C(C)Cn3nc([N+](=O)[O-])cc3C)c2)n1. The number of nitrogens with zero attached hydrogens (tertiary/aromatic N) is 5. The molecule has 3 rings (SSSR count). The molecule has 0 radical (unpaired) electrons. The number of anilines is 1. The molecule has 0 saturated heterocycles. The zero-order valence-corrected chi connectivity index (χ0v) is 16.9. The Bertz CT molecular complexity index is 1050. The molecule has 2 heterocycles. The van der Waals surface area contributed by atoms with Gasteiger partial charge < -0.3 is 15.4 Å². The van der Waals surface area contributed by atoms with Crippen LogP contribution in [0.3, 0.4) is 0 Å². The number of hydrogen-bond acceptors (Lipinski definition) is 5. The summed E-state index contributed by atoms with van der Waals surface area (Å²) >= 11 is 0. The van der Waals surface area contributed by atoms with Gasteiger partial charge >= 0.3 is 5.82 Å². The third-order valence-electron chi connectivity index (χ3n) is 4.68. The highest BCUT2D eigenvalue weighted by atomic mass is 16.6. The molecule has 0 bridgehead atoms. The van der Waals surface area contributed by atoms with Crippen LogP contribution >= 0.6 is 0 Å². The van der Waals surface area contributed by atoms with Crippen LogP contribution in [0.25, 0.3) is 0 Å². The number of benzene rings is 1. The lowest BCUT2D eigenvalue weighted by atomic mass is 10.1. The van der Waals surface area contributed by atoms with Crippen LogP contribution in [0, 0.1) is 36.8 Å². The van der Waals surface area contributed by atoms with Crippen molar-refractivity contribution in [2.75, 3.05) is 5.32 Å². The number of carbonyl (C=O) groups excluding carboxylic acids is 1. The van der Waals surface area contributed by atoms with Gasteiger partial charge in [-0.3, -0.25) is 9.48 Å². The molecule has 0 saturated carbocycles. The minimum Gasteiger partial charge on any atom is -0.358 e. The highest BCUT2D eigenvalue weighted by Crippen LogP contribution is 2.16. The summed E-state index contributed by atoms with van der Waals surface area (Å²) in [7, 11) is 0. The predicted molar refractivity (Wildman–Crippen MR) is 109 cm³/mol. The molecule has 1 unspecified atom stereocenters. The molecule has 0 spiro atoms. The minimum absolute atomic E-state index is 0.175. The second-order valence-corrected chi connectivity index (χ2v) is 7.26. The van der Waals surface area contributed by atoms with Crippen molar-refractivity contribution < 1.29 is 9.72 Å². The van der Waals surface area contributed by atoms with E-state index in [-0.39, 0.29) is 18.3 Å². The van der Waals surface area contributed by atoms with E-state index in [9.17, 15) is 14.9 Å². The Kier molecular flexibility index (Phi) is 5.76. The summed E-state index contributed by atoms with van der Waals surface area (Å²) in [5, 5.41) is 22.2. The molecule has 0 fully saturated rings.